The highest BCUT2D eigenvalue weighted by atomic mass is 32.2. The summed E-state index contributed by atoms with van der Waals surface area (Å²) in [6.07, 6.45) is 1.89. The molecule has 0 spiro atoms. The third kappa shape index (κ3) is 2.18. The molecule has 7 heteroatoms. The minimum Gasteiger partial charge on any atom is -0.316 e. The SMILES string of the molecule is CSc1nc2c(c(=O)n(C)c(=O)n2Cc2ccccc2)n1C. The fourth-order valence-corrected chi connectivity index (χ4v) is 3.04. The van der Waals surface area contributed by atoms with Gasteiger partial charge in [0.25, 0.3) is 5.56 Å². The second-order valence-electron chi connectivity index (χ2n) is 5.05. The summed E-state index contributed by atoms with van der Waals surface area (Å²) < 4.78 is 4.42. The van der Waals surface area contributed by atoms with Gasteiger partial charge in [0.15, 0.2) is 16.3 Å². The minimum atomic E-state index is -0.355. The summed E-state index contributed by atoms with van der Waals surface area (Å²) in [5.41, 5.74) is 1.19. The molecule has 114 valence electrons. The van der Waals surface area contributed by atoms with E-state index in [2.05, 4.69) is 4.98 Å². The number of aromatic nitrogens is 4. The second-order valence-corrected chi connectivity index (χ2v) is 5.82. The Hall–Kier alpha value is -2.28. The zero-order valence-electron chi connectivity index (χ0n) is 12.6. The summed E-state index contributed by atoms with van der Waals surface area (Å²) in [5.74, 6) is 0. The van der Waals surface area contributed by atoms with Gasteiger partial charge in [-0.25, -0.2) is 9.78 Å². The van der Waals surface area contributed by atoms with Gasteiger partial charge in [-0.15, -0.1) is 0 Å². The molecule has 2 aromatic heterocycles. The van der Waals surface area contributed by atoms with E-state index in [-0.39, 0.29) is 11.2 Å². The molecule has 3 aromatic rings. The van der Waals surface area contributed by atoms with Crippen LogP contribution in [0.15, 0.2) is 45.1 Å². The third-order valence-corrected chi connectivity index (χ3v) is 4.41. The van der Waals surface area contributed by atoms with E-state index in [1.807, 2.05) is 36.6 Å². The maximum absolute atomic E-state index is 12.5. The number of aryl methyl sites for hydroxylation is 1. The average Bonchev–Trinajstić information content (AvgIpc) is 2.87. The number of imidazole rings is 1. The standard InChI is InChI=1S/C15H16N4O2S/c1-17-11-12(16-14(17)22-3)19(15(21)18(2)13(11)20)9-10-7-5-4-6-8-10/h4-8H,9H2,1-3H3. The van der Waals surface area contributed by atoms with Gasteiger partial charge in [0.1, 0.15) is 0 Å². The van der Waals surface area contributed by atoms with Crippen molar-refractivity contribution in [2.24, 2.45) is 14.1 Å². The Morgan fingerprint density at radius 3 is 2.41 bits per heavy atom. The van der Waals surface area contributed by atoms with Gasteiger partial charge in [-0.1, -0.05) is 42.1 Å². The maximum atomic E-state index is 12.5. The predicted molar refractivity (Wildman–Crippen MR) is 87.5 cm³/mol. The lowest BCUT2D eigenvalue weighted by molar-refractivity contribution is 0.667. The Kier molecular flexibility index (Phi) is 3.66. The molecule has 0 amide bonds. The first-order chi connectivity index (χ1) is 10.5. The van der Waals surface area contributed by atoms with Gasteiger partial charge in [0.05, 0.1) is 6.54 Å². The van der Waals surface area contributed by atoms with Crippen LogP contribution in [-0.2, 0) is 20.6 Å². The topological polar surface area (TPSA) is 61.8 Å². The highest BCUT2D eigenvalue weighted by molar-refractivity contribution is 7.98. The summed E-state index contributed by atoms with van der Waals surface area (Å²) in [6, 6.07) is 9.66. The van der Waals surface area contributed by atoms with Crippen LogP contribution in [0.1, 0.15) is 5.56 Å². The second kappa shape index (κ2) is 5.49. The molecule has 0 N–H and O–H groups in total. The molecular weight excluding hydrogens is 300 g/mol. The molecule has 22 heavy (non-hydrogen) atoms. The lowest BCUT2D eigenvalue weighted by Gasteiger charge is -2.09. The van der Waals surface area contributed by atoms with Crippen molar-refractivity contribution < 1.29 is 0 Å². The lowest BCUT2D eigenvalue weighted by atomic mass is 10.2. The molecule has 6 nitrogen and oxygen atoms in total. The number of thioether (sulfide) groups is 1. The average molecular weight is 316 g/mol. The van der Waals surface area contributed by atoms with E-state index in [9.17, 15) is 9.59 Å². The number of benzene rings is 1. The molecule has 0 atom stereocenters. The molecule has 0 aliphatic carbocycles. The van der Waals surface area contributed by atoms with Crippen LogP contribution in [0.25, 0.3) is 11.2 Å². The summed E-state index contributed by atoms with van der Waals surface area (Å²) in [7, 11) is 3.29. The molecule has 3 rings (SSSR count). The number of hydrogen-bond donors (Lipinski definition) is 0. The van der Waals surface area contributed by atoms with Gasteiger partial charge in [0, 0.05) is 14.1 Å². The maximum Gasteiger partial charge on any atom is 0.332 e. The van der Waals surface area contributed by atoms with Crippen LogP contribution in [0.3, 0.4) is 0 Å². The molecule has 0 unspecified atom stereocenters. The summed E-state index contributed by atoms with van der Waals surface area (Å²) >= 11 is 1.44. The quantitative estimate of drug-likeness (QED) is 0.681. The highest BCUT2D eigenvalue weighted by Crippen LogP contribution is 2.18. The van der Waals surface area contributed by atoms with Crippen molar-refractivity contribution in [2.45, 2.75) is 11.7 Å². The lowest BCUT2D eigenvalue weighted by Crippen LogP contribution is -2.38. The molecule has 1 aromatic carbocycles. The van der Waals surface area contributed by atoms with Crippen molar-refractivity contribution >= 4 is 22.9 Å². The Labute approximate surface area is 131 Å². The fraction of sp³-hybridized carbons (Fsp3) is 0.267. The zero-order chi connectivity index (χ0) is 15.9. The van der Waals surface area contributed by atoms with Gasteiger partial charge in [-0.2, -0.15) is 0 Å². The van der Waals surface area contributed by atoms with Crippen LogP contribution in [0.5, 0.6) is 0 Å². The van der Waals surface area contributed by atoms with Gasteiger partial charge in [-0.3, -0.25) is 13.9 Å². The molecule has 2 heterocycles. The summed E-state index contributed by atoms with van der Waals surface area (Å²) in [4.78, 5) is 29.3. The van der Waals surface area contributed by atoms with E-state index < -0.39 is 0 Å². The van der Waals surface area contributed by atoms with Gasteiger partial charge in [-0.05, 0) is 11.8 Å². The number of fused-ring (bicyclic) bond motifs is 1. The minimum absolute atomic E-state index is 0.320. The van der Waals surface area contributed by atoms with Crippen molar-refractivity contribution in [1.29, 1.82) is 0 Å². The van der Waals surface area contributed by atoms with Crippen molar-refractivity contribution in [1.82, 2.24) is 18.7 Å². The van der Waals surface area contributed by atoms with Crippen LogP contribution in [0, 0.1) is 0 Å². The van der Waals surface area contributed by atoms with Crippen LogP contribution >= 0.6 is 11.8 Å². The normalized spacial score (nSPS) is 11.2. The van der Waals surface area contributed by atoms with Gasteiger partial charge >= 0.3 is 5.69 Å². The Balaban J connectivity index is 2.34. The largest absolute Gasteiger partial charge is 0.332 e. The first-order valence-electron chi connectivity index (χ1n) is 6.78. The van der Waals surface area contributed by atoms with E-state index in [0.29, 0.717) is 22.9 Å². The highest BCUT2D eigenvalue weighted by Gasteiger charge is 2.18. The fourth-order valence-electron chi connectivity index (χ4n) is 2.50. The first-order valence-corrected chi connectivity index (χ1v) is 8.01. The molecule has 0 bridgehead atoms. The third-order valence-electron chi connectivity index (χ3n) is 3.68. The molecule has 0 saturated heterocycles. The molecule has 0 fully saturated rings. The van der Waals surface area contributed by atoms with E-state index in [1.54, 1.807) is 16.2 Å². The smallest absolute Gasteiger partial charge is 0.316 e. The monoisotopic (exact) mass is 316 g/mol. The van der Waals surface area contributed by atoms with E-state index in [1.165, 1.54) is 18.8 Å². The van der Waals surface area contributed by atoms with Crippen LogP contribution < -0.4 is 11.2 Å². The van der Waals surface area contributed by atoms with Crippen molar-refractivity contribution in [3.63, 3.8) is 0 Å². The van der Waals surface area contributed by atoms with Crippen molar-refractivity contribution in [2.75, 3.05) is 6.26 Å². The molecule has 0 aliphatic heterocycles. The number of nitrogens with zero attached hydrogens (tertiary/aromatic N) is 4. The predicted octanol–water partition coefficient (Wildman–Crippen LogP) is 1.20. The van der Waals surface area contributed by atoms with E-state index >= 15 is 0 Å². The first kappa shape index (κ1) is 14.6. The Morgan fingerprint density at radius 2 is 1.77 bits per heavy atom. The molecular formula is C15H16N4O2S. The van der Waals surface area contributed by atoms with E-state index in [4.69, 9.17) is 0 Å². The zero-order valence-corrected chi connectivity index (χ0v) is 13.4. The van der Waals surface area contributed by atoms with Crippen LogP contribution in [0.2, 0.25) is 0 Å². The molecule has 0 aliphatic rings. The summed E-state index contributed by atoms with van der Waals surface area (Å²) in [5, 5.41) is 0.708. The molecule has 0 radical (unpaired) electrons. The van der Waals surface area contributed by atoms with Crippen LogP contribution in [0.4, 0.5) is 0 Å². The number of rotatable bonds is 3. The van der Waals surface area contributed by atoms with Gasteiger partial charge in [0.2, 0.25) is 0 Å². The number of hydrogen-bond acceptors (Lipinski definition) is 4. The van der Waals surface area contributed by atoms with Crippen molar-refractivity contribution in [3.8, 4) is 0 Å². The summed E-state index contributed by atoms with van der Waals surface area (Å²) in [6.45, 7) is 0.384. The van der Waals surface area contributed by atoms with E-state index in [0.717, 1.165) is 10.1 Å². The van der Waals surface area contributed by atoms with Gasteiger partial charge < -0.3 is 4.57 Å². The molecule has 0 saturated carbocycles. The Morgan fingerprint density at radius 1 is 1.09 bits per heavy atom. The van der Waals surface area contributed by atoms with Crippen LogP contribution in [-0.4, -0.2) is 24.9 Å². The van der Waals surface area contributed by atoms with Crippen molar-refractivity contribution in [3.05, 3.63) is 56.7 Å². The Bertz CT molecular complexity index is 954.